The first-order valence-corrected chi connectivity index (χ1v) is 7.32. The second kappa shape index (κ2) is 9.40. The van der Waals surface area contributed by atoms with Crippen LogP contribution in [0.3, 0.4) is 0 Å². The van der Waals surface area contributed by atoms with Gasteiger partial charge in [-0.2, -0.15) is 0 Å². The fourth-order valence-electron chi connectivity index (χ4n) is 1.68. The van der Waals surface area contributed by atoms with Crippen molar-refractivity contribution in [3.8, 4) is 5.75 Å². The normalized spacial score (nSPS) is 11.2. The maximum atomic E-state index is 11.6. The third-order valence-corrected chi connectivity index (χ3v) is 2.95. The highest BCUT2D eigenvalue weighted by Gasteiger charge is 2.17. The van der Waals surface area contributed by atoms with Crippen LogP contribution in [0.5, 0.6) is 5.75 Å². The Balaban J connectivity index is 2.42. The first-order chi connectivity index (χ1) is 11.0. The van der Waals surface area contributed by atoms with Crippen LogP contribution in [0.4, 0.5) is 0 Å². The number of esters is 1. The third kappa shape index (κ3) is 6.34. The lowest BCUT2D eigenvalue weighted by Gasteiger charge is -2.13. The molecule has 1 amide bonds. The van der Waals surface area contributed by atoms with Crippen LogP contribution < -0.4 is 10.1 Å². The van der Waals surface area contributed by atoms with Crippen molar-refractivity contribution in [1.29, 1.82) is 0 Å². The summed E-state index contributed by atoms with van der Waals surface area (Å²) in [7, 11) is 0. The SMILES string of the molecule is C=CCNC(=O)C(C)OC(=O)COc1ccc(C(=O)CC)cc1. The zero-order chi connectivity index (χ0) is 17.2. The zero-order valence-electron chi connectivity index (χ0n) is 13.3. The van der Waals surface area contributed by atoms with Crippen LogP contribution in [0.15, 0.2) is 36.9 Å². The predicted octanol–water partition coefficient (Wildman–Crippen LogP) is 1.89. The standard InChI is InChI=1S/C17H21NO5/c1-4-10-18-17(21)12(3)23-16(20)11-22-14-8-6-13(7-9-14)15(19)5-2/h4,6-9,12H,1,5,10-11H2,2-3H3,(H,18,21). The molecule has 0 fully saturated rings. The van der Waals surface area contributed by atoms with Gasteiger partial charge in [0.15, 0.2) is 18.5 Å². The Hall–Kier alpha value is -2.63. The maximum Gasteiger partial charge on any atom is 0.344 e. The van der Waals surface area contributed by atoms with Gasteiger partial charge in [0.1, 0.15) is 5.75 Å². The van der Waals surface area contributed by atoms with Crippen molar-refractivity contribution in [1.82, 2.24) is 5.32 Å². The molecule has 1 rings (SSSR count). The molecule has 1 N–H and O–H groups in total. The molecular weight excluding hydrogens is 298 g/mol. The fraction of sp³-hybridized carbons (Fsp3) is 0.353. The van der Waals surface area contributed by atoms with Gasteiger partial charge in [-0.05, 0) is 31.2 Å². The van der Waals surface area contributed by atoms with Gasteiger partial charge in [0.25, 0.3) is 5.91 Å². The van der Waals surface area contributed by atoms with Gasteiger partial charge < -0.3 is 14.8 Å². The molecule has 0 aliphatic rings. The van der Waals surface area contributed by atoms with Crippen molar-refractivity contribution in [3.05, 3.63) is 42.5 Å². The van der Waals surface area contributed by atoms with Crippen LogP contribution >= 0.6 is 0 Å². The second-order valence-electron chi connectivity index (χ2n) is 4.76. The number of hydrogen-bond acceptors (Lipinski definition) is 5. The molecule has 0 bridgehead atoms. The number of rotatable bonds is 9. The van der Waals surface area contributed by atoms with E-state index < -0.39 is 18.0 Å². The average molecular weight is 319 g/mol. The quantitative estimate of drug-likeness (QED) is 0.427. The number of ketones is 1. The van der Waals surface area contributed by atoms with Crippen molar-refractivity contribution in [2.45, 2.75) is 26.4 Å². The van der Waals surface area contributed by atoms with E-state index in [1.54, 1.807) is 31.2 Å². The molecule has 0 aromatic heterocycles. The van der Waals surface area contributed by atoms with E-state index in [0.717, 1.165) is 0 Å². The van der Waals surface area contributed by atoms with E-state index >= 15 is 0 Å². The molecule has 1 aromatic carbocycles. The number of benzene rings is 1. The number of carbonyl (C=O) groups is 3. The minimum atomic E-state index is -0.907. The highest BCUT2D eigenvalue weighted by atomic mass is 16.6. The summed E-state index contributed by atoms with van der Waals surface area (Å²) in [5, 5.41) is 2.53. The molecule has 124 valence electrons. The molecule has 6 heteroatoms. The fourth-order valence-corrected chi connectivity index (χ4v) is 1.68. The Morgan fingerprint density at radius 1 is 1.26 bits per heavy atom. The predicted molar refractivity (Wildman–Crippen MR) is 85.3 cm³/mol. The Labute approximate surface area is 135 Å². The summed E-state index contributed by atoms with van der Waals surface area (Å²) in [5.41, 5.74) is 0.593. The number of hydrogen-bond donors (Lipinski definition) is 1. The Morgan fingerprint density at radius 3 is 2.48 bits per heavy atom. The van der Waals surface area contributed by atoms with Crippen LogP contribution in [-0.2, 0) is 14.3 Å². The molecule has 23 heavy (non-hydrogen) atoms. The van der Waals surface area contributed by atoms with Crippen LogP contribution in [0, 0.1) is 0 Å². The van der Waals surface area contributed by atoms with Gasteiger partial charge in [0.05, 0.1) is 0 Å². The number of amides is 1. The lowest BCUT2D eigenvalue weighted by Crippen LogP contribution is -2.36. The van der Waals surface area contributed by atoms with Crippen molar-refractivity contribution in [2.24, 2.45) is 0 Å². The van der Waals surface area contributed by atoms with Crippen molar-refractivity contribution < 1.29 is 23.9 Å². The molecule has 1 unspecified atom stereocenters. The lowest BCUT2D eigenvalue weighted by molar-refractivity contribution is -0.156. The molecule has 0 aliphatic carbocycles. The van der Waals surface area contributed by atoms with Crippen molar-refractivity contribution >= 4 is 17.7 Å². The van der Waals surface area contributed by atoms with Crippen LogP contribution in [0.2, 0.25) is 0 Å². The molecule has 0 heterocycles. The molecule has 0 aliphatic heterocycles. The van der Waals surface area contributed by atoms with E-state index in [2.05, 4.69) is 11.9 Å². The van der Waals surface area contributed by atoms with Gasteiger partial charge in [0, 0.05) is 18.5 Å². The largest absolute Gasteiger partial charge is 0.482 e. The summed E-state index contributed by atoms with van der Waals surface area (Å²) in [6.45, 7) is 6.72. The van der Waals surface area contributed by atoms with E-state index in [-0.39, 0.29) is 12.4 Å². The summed E-state index contributed by atoms with van der Waals surface area (Å²) in [5.74, 6) is -0.575. The lowest BCUT2D eigenvalue weighted by atomic mass is 10.1. The Kier molecular flexibility index (Phi) is 7.53. The molecule has 0 saturated carbocycles. The van der Waals surface area contributed by atoms with Gasteiger partial charge in [-0.3, -0.25) is 9.59 Å². The highest BCUT2D eigenvalue weighted by Crippen LogP contribution is 2.13. The summed E-state index contributed by atoms with van der Waals surface area (Å²) >= 11 is 0. The van der Waals surface area contributed by atoms with Crippen LogP contribution in [0.25, 0.3) is 0 Å². The summed E-state index contributed by atoms with van der Waals surface area (Å²) in [6.07, 6.45) is 1.05. The Bertz CT molecular complexity index is 565. The van der Waals surface area contributed by atoms with Gasteiger partial charge in [0.2, 0.25) is 0 Å². The van der Waals surface area contributed by atoms with E-state index in [9.17, 15) is 14.4 Å². The Morgan fingerprint density at radius 2 is 1.91 bits per heavy atom. The molecule has 1 aromatic rings. The number of nitrogens with one attached hydrogen (secondary N) is 1. The zero-order valence-corrected chi connectivity index (χ0v) is 13.3. The van der Waals surface area contributed by atoms with E-state index in [1.807, 2.05) is 0 Å². The van der Waals surface area contributed by atoms with Crippen molar-refractivity contribution in [3.63, 3.8) is 0 Å². The van der Waals surface area contributed by atoms with E-state index in [1.165, 1.54) is 13.0 Å². The monoisotopic (exact) mass is 319 g/mol. The molecular formula is C17H21NO5. The smallest absolute Gasteiger partial charge is 0.344 e. The van der Waals surface area contributed by atoms with Gasteiger partial charge >= 0.3 is 5.97 Å². The summed E-state index contributed by atoms with van der Waals surface area (Å²) in [6, 6.07) is 6.49. The number of Topliss-reactive ketones (excluding diaryl/α,β-unsaturated/α-hetero) is 1. The third-order valence-electron chi connectivity index (χ3n) is 2.95. The van der Waals surface area contributed by atoms with Gasteiger partial charge in [-0.15, -0.1) is 6.58 Å². The van der Waals surface area contributed by atoms with E-state index in [4.69, 9.17) is 9.47 Å². The first kappa shape index (κ1) is 18.4. The molecule has 6 nitrogen and oxygen atoms in total. The van der Waals surface area contributed by atoms with Crippen molar-refractivity contribution in [2.75, 3.05) is 13.2 Å². The van der Waals surface area contributed by atoms with Gasteiger partial charge in [-0.25, -0.2) is 4.79 Å². The minimum Gasteiger partial charge on any atom is -0.482 e. The average Bonchev–Trinajstić information content (AvgIpc) is 2.57. The van der Waals surface area contributed by atoms with Crippen LogP contribution in [-0.4, -0.2) is 36.9 Å². The topological polar surface area (TPSA) is 81.7 Å². The molecule has 1 atom stereocenters. The van der Waals surface area contributed by atoms with Crippen LogP contribution in [0.1, 0.15) is 30.6 Å². The van der Waals surface area contributed by atoms with Gasteiger partial charge in [-0.1, -0.05) is 13.0 Å². The molecule has 0 saturated heterocycles. The number of ether oxygens (including phenoxy) is 2. The minimum absolute atomic E-state index is 0.0373. The van der Waals surface area contributed by atoms with E-state index in [0.29, 0.717) is 24.3 Å². The summed E-state index contributed by atoms with van der Waals surface area (Å²) in [4.78, 5) is 34.6. The summed E-state index contributed by atoms with van der Waals surface area (Å²) < 4.78 is 10.2. The highest BCUT2D eigenvalue weighted by molar-refractivity contribution is 5.95. The number of carbonyl (C=O) groups excluding carboxylic acids is 3. The molecule has 0 spiro atoms. The maximum absolute atomic E-state index is 11.6. The first-order valence-electron chi connectivity index (χ1n) is 7.32. The second-order valence-corrected chi connectivity index (χ2v) is 4.76. The molecule has 0 radical (unpaired) electrons.